The number of nitrogens with one attached hydrogen (secondary N) is 1. The van der Waals surface area contributed by atoms with Gasteiger partial charge < -0.3 is 27.9 Å². The maximum atomic E-state index is 11.4. The highest BCUT2D eigenvalue weighted by Crippen LogP contribution is 2.17. The van der Waals surface area contributed by atoms with Crippen LogP contribution in [-0.4, -0.2) is 43.1 Å². The van der Waals surface area contributed by atoms with Crippen LogP contribution < -0.4 is 22.9 Å². The fraction of sp³-hybridized carbons (Fsp3) is 0. The molecule has 12 heteroatoms. The summed E-state index contributed by atoms with van der Waals surface area (Å²) in [5, 5.41) is 0. The smallest absolute Gasteiger partial charge is 0.285 e. The highest BCUT2D eigenvalue weighted by Gasteiger charge is 2.26. The topological polar surface area (TPSA) is 219 Å². The SMILES string of the molecule is NC(=O)c1nc(C(N)=O)c(-n2c(C(N)=O)cnc2C(N)=O)[nH]1. The summed E-state index contributed by atoms with van der Waals surface area (Å²) in [5.74, 6) is -5.13. The summed E-state index contributed by atoms with van der Waals surface area (Å²) in [4.78, 5) is 55.0. The van der Waals surface area contributed by atoms with Gasteiger partial charge in [0.1, 0.15) is 5.69 Å². The monoisotopic (exact) mass is 306 g/mol. The van der Waals surface area contributed by atoms with Crippen LogP contribution in [0.25, 0.3) is 5.82 Å². The van der Waals surface area contributed by atoms with E-state index in [0.29, 0.717) is 0 Å². The lowest BCUT2D eigenvalue weighted by molar-refractivity contribution is 0.0971. The number of hydrogen-bond donors (Lipinski definition) is 5. The molecule has 0 saturated heterocycles. The number of rotatable bonds is 5. The van der Waals surface area contributed by atoms with Crippen LogP contribution in [0.15, 0.2) is 6.20 Å². The second kappa shape index (κ2) is 5.01. The average molecular weight is 306 g/mol. The number of nitrogens with two attached hydrogens (primary N) is 4. The second-order valence-corrected chi connectivity index (χ2v) is 4.04. The molecule has 2 rings (SSSR count). The van der Waals surface area contributed by atoms with Crippen LogP contribution in [0.3, 0.4) is 0 Å². The fourth-order valence-electron chi connectivity index (χ4n) is 1.74. The minimum Gasteiger partial charge on any atom is -0.364 e. The Morgan fingerprint density at radius 1 is 0.955 bits per heavy atom. The van der Waals surface area contributed by atoms with Crippen LogP contribution in [-0.2, 0) is 0 Å². The number of aromatic nitrogens is 4. The summed E-state index contributed by atoms with van der Waals surface area (Å²) in [5.41, 5.74) is 19.8. The number of aromatic amines is 1. The summed E-state index contributed by atoms with van der Waals surface area (Å²) in [6.07, 6.45) is 0.970. The molecule has 2 aromatic heterocycles. The Hall–Kier alpha value is -3.70. The van der Waals surface area contributed by atoms with Gasteiger partial charge in [0, 0.05) is 0 Å². The number of carbonyl (C=O) groups excluding carboxylic acids is 4. The van der Waals surface area contributed by atoms with Crippen molar-refractivity contribution in [3.63, 3.8) is 0 Å². The first-order chi connectivity index (χ1) is 10.2. The van der Waals surface area contributed by atoms with Crippen molar-refractivity contribution >= 4 is 23.6 Å². The van der Waals surface area contributed by atoms with Gasteiger partial charge >= 0.3 is 0 Å². The molecule has 114 valence electrons. The molecule has 0 radical (unpaired) electrons. The number of primary amides is 4. The van der Waals surface area contributed by atoms with E-state index >= 15 is 0 Å². The minimum absolute atomic E-state index is 0.276. The molecule has 4 amide bonds. The molecule has 0 atom stereocenters. The number of amides is 4. The molecule has 2 heterocycles. The van der Waals surface area contributed by atoms with E-state index in [1.54, 1.807) is 0 Å². The largest absolute Gasteiger partial charge is 0.364 e. The Balaban J connectivity index is 2.83. The predicted octanol–water partition coefficient (Wildman–Crippen LogP) is -3.01. The first kappa shape index (κ1) is 14.7. The number of hydrogen-bond acceptors (Lipinski definition) is 6. The zero-order chi connectivity index (χ0) is 16.6. The standard InChI is InChI=1S/C10H10N8O4/c11-4(19)2-1-15-10(7(14)22)18(2)9-3(5(12)20)16-8(17-9)6(13)21/h1H,(H2,11,19)(H2,12,20)(H2,13,21)(H2,14,22)(H,16,17). The van der Waals surface area contributed by atoms with E-state index in [4.69, 9.17) is 22.9 Å². The van der Waals surface area contributed by atoms with Gasteiger partial charge in [0.25, 0.3) is 23.6 Å². The summed E-state index contributed by atoms with van der Waals surface area (Å²) in [6, 6.07) is 0. The average Bonchev–Trinajstić information content (AvgIpc) is 3.02. The van der Waals surface area contributed by atoms with Crippen molar-refractivity contribution in [3.8, 4) is 5.82 Å². The minimum atomic E-state index is -1.04. The molecule has 0 unspecified atom stereocenters. The van der Waals surface area contributed by atoms with E-state index in [0.717, 1.165) is 10.8 Å². The third-order valence-corrected chi connectivity index (χ3v) is 2.61. The molecule has 0 aliphatic carbocycles. The van der Waals surface area contributed by atoms with Crippen LogP contribution in [0.2, 0.25) is 0 Å². The van der Waals surface area contributed by atoms with E-state index in [2.05, 4.69) is 15.0 Å². The molecule has 0 saturated carbocycles. The second-order valence-electron chi connectivity index (χ2n) is 4.04. The molecule has 0 aromatic carbocycles. The van der Waals surface area contributed by atoms with E-state index in [-0.39, 0.29) is 11.5 Å². The predicted molar refractivity (Wildman–Crippen MR) is 69.8 cm³/mol. The first-order valence-electron chi connectivity index (χ1n) is 5.61. The molecule has 22 heavy (non-hydrogen) atoms. The van der Waals surface area contributed by atoms with Gasteiger partial charge in [-0.05, 0) is 0 Å². The number of H-pyrrole nitrogens is 1. The molecule has 0 aliphatic rings. The van der Waals surface area contributed by atoms with Crippen LogP contribution in [0.4, 0.5) is 0 Å². The maximum Gasteiger partial charge on any atom is 0.285 e. The lowest BCUT2D eigenvalue weighted by Gasteiger charge is -2.07. The Morgan fingerprint density at radius 3 is 2.05 bits per heavy atom. The molecule has 0 aliphatic heterocycles. The highest BCUT2D eigenvalue weighted by molar-refractivity contribution is 6.00. The third kappa shape index (κ3) is 2.24. The van der Waals surface area contributed by atoms with Crippen molar-refractivity contribution in [2.24, 2.45) is 22.9 Å². The van der Waals surface area contributed by atoms with Gasteiger partial charge in [0.15, 0.2) is 17.3 Å². The molecule has 9 N–H and O–H groups in total. The summed E-state index contributed by atoms with van der Waals surface area (Å²) in [7, 11) is 0. The number of nitrogens with zero attached hydrogens (tertiary/aromatic N) is 3. The van der Waals surface area contributed by atoms with Gasteiger partial charge in [-0.3, -0.25) is 23.7 Å². The van der Waals surface area contributed by atoms with Crippen molar-refractivity contribution in [1.29, 1.82) is 0 Å². The quantitative estimate of drug-likeness (QED) is 0.386. The molecular weight excluding hydrogens is 296 g/mol. The van der Waals surface area contributed by atoms with Crippen molar-refractivity contribution in [2.45, 2.75) is 0 Å². The Morgan fingerprint density at radius 2 is 1.59 bits per heavy atom. The first-order valence-corrected chi connectivity index (χ1v) is 5.61. The van der Waals surface area contributed by atoms with E-state index in [1.807, 2.05) is 0 Å². The molecule has 12 nitrogen and oxygen atoms in total. The van der Waals surface area contributed by atoms with Crippen LogP contribution in [0.1, 0.15) is 42.2 Å². The maximum absolute atomic E-state index is 11.4. The lowest BCUT2D eigenvalue weighted by Crippen LogP contribution is -2.24. The van der Waals surface area contributed by atoms with Crippen molar-refractivity contribution in [1.82, 2.24) is 19.5 Å². The van der Waals surface area contributed by atoms with Crippen molar-refractivity contribution in [3.05, 3.63) is 29.2 Å². The van der Waals surface area contributed by atoms with Gasteiger partial charge in [-0.1, -0.05) is 0 Å². The van der Waals surface area contributed by atoms with Crippen LogP contribution in [0.5, 0.6) is 0 Å². The fourth-order valence-corrected chi connectivity index (χ4v) is 1.74. The van der Waals surface area contributed by atoms with Gasteiger partial charge in [-0.25, -0.2) is 9.97 Å². The highest BCUT2D eigenvalue weighted by atomic mass is 16.2. The lowest BCUT2D eigenvalue weighted by atomic mass is 10.3. The Labute approximate surface area is 121 Å². The van der Waals surface area contributed by atoms with Gasteiger partial charge in [-0.15, -0.1) is 0 Å². The zero-order valence-electron chi connectivity index (χ0n) is 10.9. The van der Waals surface area contributed by atoms with E-state index in [1.165, 1.54) is 0 Å². The van der Waals surface area contributed by atoms with E-state index < -0.39 is 41.0 Å². The van der Waals surface area contributed by atoms with Crippen LogP contribution in [0, 0.1) is 0 Å². The van der Waals surface area contributed by atoms with Gasteiger partial charge in [-0.2, -0.15) is 0 Å². The summed E-state index contributed by atoms with van der Waals surface area (Å²) < 4.78 is 0.837. The molecule has 0 spiro atoms. The van der Waals surface area contributed by atoms with Gasteiger partial charge in [0.2, 0.25) is 5.82 Å². The zero-order valence-corrected chi connectivity index (χ0v) is 10.9. The third-order valence-electron chi connectivity index (χ3n) is 2.61. The van der Waals surface area contributed by atoms with Crippen LogP contribution >= 0.6 is 0 Å². The summed E-state index contributed by atoms with van der Waals surface area (Å²) in [6.45, 7) is 0. The summed E-state index contributed by atoms with van der Waals surface area (Å²) >= 11 is 0. The normalized spacial score (nSPS) is 10.4. The number of imidazole rings is 2. The molecule has 0 fully saturated rings. The van der Waals surface area contributed by atoms with Crippen molar-refractivity contribution < 1.29 is 19.2 Å². The van der Waals surface area contributed by atoms with Gasteiger partial charge in [0.05, 0.1) is 6.20 Å². The van der Waals surface area contributed by atoms with Crippen molar-refractivity contribution in [2.75, 3.05) is 0 Å². The molecule has 0 bridgehead atoms. The number of carbonyl (C=O) groups is 4. The van der Waals surface area contributed by atoms with E-state index in [9.17, 15) is 19.2 Å². The Bertz CT molecular complexity index is 786. The Kier molecular flexibility index (Phi) is 3.35. The molecule has 2 aromatic rings. The molecular formula is C10H10N8O4.